The van der Waals surface area contributed by atoms with Gasteiger partial charge < -0.3 is 14.8 Å². The van der Waals surface area contributed by atoms with E-state index in [1.54, 1.807) is 18.2 Å². The van der Waals surface area contributed by atoms with E-state index in [4.69, 9.17) is 16.3 Å². The van der Waals surface area contributed by atoms with Crippen LogP contribution in [0.25, 0.3) is 0 Å². The van der Waals surface area contributed by atoms with Crippen molar-refractivity contribution < 1.29 is 27.5 Å². The third kappa shape index (κ3) is 5.39. The van der Waals surface area contributed by atoms with Crippen molar-refractivity contribution in [2.75, 3.05) is 30.1 Å². The number of esters is 1. The van der Waals surface area contributed by atoms with Gasteiger partial charge in [0, 0.05) is 11.8 Å². The van der Waals surface area contributed by atoms with Crippen LogP contribution in [-0.2, 0) is 19.6 Å². The van der Waals surface area contributed by atoms with Gasteiger partial charge in [0.2, 0.25) is 15.9 Å². The Morgan fingerprint density at radius 1 is 1.14 bits per heavy atom. The molecule has 2 rings (SSSR count). The summed E-state index contributed by atoms with van der Waals surface area (Å²) >= 11 is 5.97. The summed E-state index contributed by atoms with van der Waals surface area (Å²) in [6.07, 6.45) is 1.01. The third-order valence-electron chi connectivity index (χ3n) is 4.04. The molecule has 0 bridgehead atoms. The van der Waals surface area contributed by atoms with E-state index in [9.17, 15) is 18.0 Å². The van der Waals surface area contributed by atoms with Gasteiger partial charge in [-0.2, -0.15) is 0 Å². The van der Waals surface area contributed by atoms with Crippen LogP contribution in [0, 0.1) is 0 Å². The number of amides is 1. The summed E-state index contributed by atoms with van der Waals surface area (Å²) in [5, 5.41) is 2.76. The number of anilines is 2. The van der Waals surface area contributed by atoms with Gasteiger partial charge in [-0.1, -0.05) is 17.7 Å². The van der Waals surface area contributed by atoms with Crippen molar-refractivity contribution in [1.82, 2.24) is 0 Å². The molecule has 0 fully saturated rings. The SMILES string of the molecule is COC(=O)c1cc(NC(=O)[C@@H](C)N(c2cccc(OC)c2)S(C)(=O)=O)ccc1Cl. The summed E-state index contributed by atoms with van der Waals surface area (Å²) in [6.45, 7) is 1.45. The second-order valence-electron chi connectivity index (χ2n) is 6.11. The van der Waals surface area contributed by atoms with Crippen molar-refractivity contribution in [3.63, 3.8) is 0 Å². The second-order valence-corrected chi connectivity index (χ2v) is 8.38. The number of halogens is 1. The molecule has 8 nitrogen and oxygen atoms in total. The van der Waals surface area contributed by atoms with Crippen LogP contribution in [-0.4, -0.2) is 46.8 Å². The lowest BCUT2D eigenvalue weighted by atomic mass is 10.2. The van der Waals surface area contributed by atoms with E-state index in [1.807, 2.05) is 0 Å². The Bertz CT molecular complexity index is 1030. The van der Waals surface area contributed by atoms with Crippen LogP contribution in [0.1, 0.15) is 17.3 Å². The molecule has 0 radical (unpaired) electrons. The van der Waals surface area contributed by atoms with Crippen LogP contribution >= 0.6 is 11.6 Å². The first-order chi connectivity index (χ1) is 13.6. The van der Waals surface area contributed by atoms with Crippen molar-refractivity contribution in [3.05, 3.63) is 53.1 Å². The highest BCUT2D eigenvalue weighted by Gasteiger charge is 2.29. The van der Waals surface area contributed by atoms with Crippen molar-refractivity contribution in [2.45, 2.75) is 13.0 Å². The third-order valence-corrected chi connectivity index (χ3v) is 5.61. The maximum Gasteiger partial charge on any atom is 0.339 e. The minimum absolute atomic E-state index is 0.0763. The van der Waals surface area contributed by atoms with Gasteiger partial charge in [-0.3, -0.25) is 9.10 Å². The standard InChI is InChI=1S/C19H21ClN2O6S/c1-12(22(29(4,25)26)14-6-5-7-15(11-14)27-2)18(23)21-13-8-9-17(20)16(10-13)19(24)28-3/h5-12H,1-4H3,(H,21,23)/t12-/m1/s1. The lowest BCUT2D eigenvalue weighted by Gasteiger charge is -2.28. The predicted octanol–water partition coefficient (Wildman–Crippen LogP) is 2.93. The first-order valence-electron chi connectivity index (χ1n) is 8.40. The number of hydrogen-bond acceptors (Lipinski definition) is 6. The molecule has 0 saturated carbocycles. The number of carbonyl (C=O) groups excluding carboxylic acids is 2. The van der Waals surface area contributed by atoms with E-state index in [0.29, 0.717) is 5.75 Å². The molecule has 10 heteroatoms. The van der Waals surface area contributed by atoms with Crippen molar-refractivity contribution in [1.29, 1.82) is 0 Å². The number of rotatable bonds is 7. The van der Waals surface area contributed by atoms with Gasteiger partial charge in [-0.05, 0) is 37.3 Å². The zero-order valence-corrected chi connectivity index (χ0v) is 17.9. The quantitative estimate of drug-likeness (QED) is 0.664. The zero-order valence-electron chi connectivity index (χ0n) is 16.3. The average molecular weight is 441 g/mol. The minimum Gasteiger partial charge on any atom is -0.497 e. The molecule has 0 aliphatic heterocycles. The number of carbonyl (C=O) groups is 2. The summed E-state index contributed by atoms with van der Waals surface area (Å²) in [4.78, 5) is 24.5. The van der Waals surface area contributed by atoms with Gasteiger partial charge in [0.15, 0.2) is 0 Å². The number of methoxy groups -OCH3 is 2. The van der Waals surface area contributed by atoms with Crippen LogP contribution in [0.4, 0.5) is 11.4 Å². The van der Waals surface area contributed by atoms with Crippen LogP contribution in [0.2, 0.25) is 5.02 Å². The Hall–Kier alpha value is -2.78. The topological polar surface area (TPSA) is 102 Å². The molecule has 0 spiro atoms. The maximum atomic E-state index is 12.8. The highest BCUT2D eigenvalue weighted by molar-refractivity contribution is 7.92. The molecular weight excluding hydrogens is 420 g/mol. The van der Waals surface area contributed by atoms with Crippen LogP contribution in [0.5, 0.6) is 5.75 Å². The number of sulfonamides is 1. The van der Waals surface area contributed by atoms with Gasteiger partial charge >= 0.3 is 5.97 Å². The molecule has 156 valence electrons. The van der Waals surface area contributed by atoms with Gasteiger partial charge in [-0.25, -0.2) is 13.2 Å². The molecule has 0 aliphatic rings. The monoisotopic (exact) mass is 440 g/mol. The van der Waals surface area contributed by atoms with Gasteiger partial charge in [0.25, 0.3) is 0 Å². The number of nitrogens with one attached hydrogen (secondary N) is 1. The number of nitrogens with zero attached hydrogens (tertiary/aromatic N) is 1. The summed E-state index contributed by atoms with van der Waals surface area (Å²) < 4.78 is 35.5. The Morgan fingerprint density at radius 2 is 1.83 bits per heavy atom. The summed E-state index contributed by atoms with van der Waals surface area (Å²) in [5.74, 6) is -0.811. The van der Waals surface area contributed by atoms with Crippen molar-refractivity contribution in [3.8, 4) is 5.75 Å². The number of ether oxygens (including phenoxy) is 2. The fourth-order valence-corrected chi connectivity index (χ4v) is 4.03. The van der Waals surface area contributed by atoms with E-state index in [1.165, 1.54) is 45.4 Å². The van der Waals surface area contributed by atoms with Crippen LogP contribution in [0.3, 0.4) is 0 Å². The van der Waals surface area contributed by atoms with E-state index < -0.39 is 27.9 Å². The molecular formula is C19H21ClN2O6S. The van der Waals surface area contributed by atoms with E-state index in [0.717, 1.165) is 10.6 Å². The molecule has 0 unspecified atom stereocenters. The summed E-state index contributed by atoms with van der Waals surface area (Å²) in [6, 6.07) is 9.56. The van der Waals surface area contributed by atoms with Gasteiger partial charge in [-0.15, -0.1) is 0 Å². The second kappa shape index (κ2) is 9.15. The van der Waals surface area contributed by atoms with Crippen LogP contribution in [0.15, 0.2) is 42.5 Å². The normalized spacial score (nSPS) is 12.0. The maximum absolute atomic E-state index is 12.8. The first-order valence-corrected chi connectivity index (χ1v) is 10.6. The smallest absolute Gasteiger partial charge is 0.339 e. The molecule has 0 saturated heterocycles. The molecule has 0 aliphatic carbocycles. The average Bonchev–Trinajstić information content (AvgIpc) is 2.67. The lowest BCUT2D eigenvalue weighted by Crippen LogP contribution is -2.45. The zero-order chi connectivity index (χ0) is 21.8. The fraction of sp³-hybridized carbons (Fsp3) is 0.263. The molecule has 29 heavy (non-hydrogen) atoms. The molecule has 2 aromatic rings. The largest absolute Gasteiger partial charge is 0.497 e. The fourth-order valence-electron chi connectivity index (χ4n) is 2.67. The summed E-state index contributed by atoms with van der Waals surface area (Å²) in [7, 11) is -1.12. The molecule has 1 atom stereocenters. The van der Waals surface area contributed by atoms with E-state index >= 15 is 0 Å². The Labute approximate surface area is 174 Å². The van der Waals surface area contributed by atoms with Crippen molar-refractivity contribution in [2.24, 2.45) is 0 Å². The number of hydrogen-bond donors (Lipinski definition) is 1. The molecule has 2 aromatic carbocycles. The van der Waals surface area contributed by atoms with E-state index in [2.05, 4.69) is 10.1 Å². The molecule has 0 heterocycles. The Kier molecular flexibility index (Phi) is 7.10. The Balaban J connectivity index is 2.34. The van der Waals surface area contributed by atoms with Gasteiger partial charge in [0.1, 0.15) is 11.8 Å². The lowest BCUT2D eigenvalue weighted by molar-refractivity contribution is -0.116. The summed E-state index contributed by atoms with van der Waals surface area (Å²) in [5.41, 5.74) is 0.624. The molecule has 1 N–H and O–H groups in total. The van der Waals surface area contributed by atoms with Crippen LogP contribution < -0.4 is 14.4 Å². The highest BCUT2D eigenvalue weighted by Crippen LogP contribution is 2.26. The van der Waals surface area contributed by atoms with E-state index in [-0.39, 0.29) is 22.0 Å². The first kappa shape index (κ1) is 22.5. The van der Waals surface area contributed by atoms with Gasteiger partial charge in [0.05, 0.1) is 36.7 Å². The predicted molar refractivity (Wildman–Crippen MR) is 111 cm³/mol. The minimum atomic E-state index is -3.79. The Morgan fingerprint density at radius 3 is 2.41 bits per heavy atom. The van der Waals surface area contributed by atoms with Crippen molar-refractivity contribution >= 4 is 44.9 Å². The molecule has 1 amide bonds. The number of benzene rings is 2. The molecule has 0 aromatic heterocycles. The highest BCUT2D eigenvalue weighted by atomic mass is 35.5.